The first-order chi connectivity index (χ1) is 8.72. The van der Waals surface area contributed by atoms with Gasteiger partial charge in [0.05, 0.1) is 5.02 Å². The highest BCUT2D eigenvalue weighted by Gasteiger charge is 2.34. The third kappa shape index (κ3) is 2.75. The number of aromatic nitrogens is 1. The molecular formula is C13H17ClFN3. The van der Waals surface area contributed by atoms with Crippen molar-refractivity contribution in [2.24, 2.45) is 5.92 Å². The Labute approximate surface area is 111 Å². The third-order valence-corrected chi connectivity index (χ3v) is 3.95. The highest BCUT2D eigenvalue weighted by Crippen LogP contribution is 2.31. The van der Waals surface area contributed by atoms with Gasteiger partial charge in [-0.2, -0.15) is 0 Å². The highest BCUT2D eigenvalue weighted by molar-refractivity contribution is 6.30. The maximum Gasteiger partial charge on any atom is 0.166 e. The van der Waals surface area contributed by atoms with Crippen molar-refractivity contribution in [3.05, 3.63) is 23.1 Å². The molecule has 0 aromatic carbocycles. The second-order valence-corrected chi connectivity index (χ2v) is 5.68. The molecule has 1 N–H and O–H groups in total. The van der Waals surface area contributed by atoms with E-state index in [9.17, 15) is 4.39 Å². The number of nitrogens with zero attached hydrogens (tertiary/aromatic N) is 2. The normalized spacial score (nSPS) is 24.4. The predicted octanol–water partition coefficient (Wildman–Crippen LogP) is 2.77. The van der Waals surface area contributed by atoms with Gasteiger partial charge in [-0.15, -0.1) is 0 Å². The Bertz CT molecular complexity index is 436. The first-order valence-corrected chi connectivity index (χ1v) is 6.89. The van der Waals surface area contributed by atoms with E-state index in [2.05, 4.69) is 15.2 Å². The molecule has 0 bridgehead atoms. The van der Waals surface area contributed by atoms with Crippen LogP contribution in [0.2, 0.25) is 5.02 Å². The van der Waals surface area contributed by atoms with Crippen molar-refractivity contribution in [1.29, 1.82) is 0 Å². The van der Waals surface area contributed by atoms with Gasteiger partial charge in [0.15, 0.2) is 11.6 Å². The summed E-state index contributed by atoms with van der Waals surface area (Å²) in [6, 6.07) is 2.13. The van der Waals surface area contributed by atoms with E-state index >= 15 is 0 Å². The molecule has 98 valence electrons. The fourth-order valence-corrected chi connectivity index (χ4v) is 2.73. The summed E-state index contributed by atoms with van der Waals surface area (Å²) in [6.07, 6.45) is 5.37. The number of rotatable bonds is 4. The zero-order chi connectivity index (χ0) is 12.5. The largest absolute Gasteiger partial charge is 0.367 e. The SMILES string of the molecule is Fc1cc(Cl)cnc1NCC1CCN(C2CC2)C1. The van der Waals surface area contributed by atoms with Gasteiger partial charge in [0.25, 0.3) is 0 Å². The van der Waals surface area contributed by atoms with E-state index in [0.29, 0.717) is 16.8 Å². The Morgan fingerprint density at radius 3 is 3.00 bits per heavy atom. The number of hydrogen-bond donors (Lipinski definition) is 1. The molecule has 1 unspecified atom stereocenters. The predicted molar refractivity (Wildman–Crippen MR) is 70.4 cm³/mol. The van der Waals surface area contributed by atoms with Gasteiger partial charge in [-0.25, -0.2) is 9.37 Å². The number of anilines is 1. The van der Waals surface area contributed by atoms with Crippen LogP contribution in [0.25, 0.3) is 0 Å². The molecule has 5 heteroatoms. The van der Waals surface area contributed by atoms with Crippen molar-refractivity contribution in [2.45, 2.75) is 25.3 Å². The van der Waals surface area contributed by atoms with E-state index in [1.54, 1.807) is 0 Å². The minimum absolute atomic E-state index is 0.310. The summed E-state index contributed by atoms with van der Waals surface area (Å²) in [5, 5.41) is 3.42. The van der Waals surface area contributed by atoms with E-state index in [-0.39, 0.29) is 5.82 Å². The van der Waals surface area contributed by atoms with E-state index in [1.165, 1.54) is 38.1 Å². The average molecular weight is 270 g/mol. The molecule has 1 atom stereocenters. The van der Waals surface area contributed by atoms with E-state index in [1.807, 2.05) is 0 Å². The van der Waals surface area contributed by atoms with Crippen molar-refractivity contribution in [2.75, 3.05) is 25.0 Å². The molecule has 3 rings (SSSR count). The lowest BCUT2D eigenvalue weighted by Crippen LogP contribution is -2.25. The minimum Gasteiger partial charge on any atom is -0.367 e. The van der Waals surface area contributed by atoms with Crippen LogP contribution in [0.1, 0.15) is 19.3 Å². The zero-order valence-electron chi connectivity index (χ0n) is 10.2. The van der Waals surface area contributed by atoms with Crippen molar-refractivity contribution >= 4 is 17.4 Å². The summed E-state index contributed by atoms with van der Waals surface area (Å²) in [4.78, 5) is 6.53. The van der Waals surface area contributed by atoms with E-state index in [0.717, 1.165) is 19.1 Å². The van der Waals surface area contributed by atoms with Crippen molar-refractivity contribution in [3.63, 3.8) is 0 Å². The molecule has 2 heterocycles. The van der Waals surface area contributed by atoms with Gasteiger partial charge in [-0.05, 0) is 37.8 Å². The van der Waals surface area contributed by atoms with Crippen LogP contribution in [0.4, 0.5) is 10.2 Å². The second-order valence-electron chi connectivity index (χ2n) is 5.25. The van der Waals surface area contributed by atoms with Crippen molar-refractivity contribution in [3.8, 4) is 0 Å². The summed E-state index contributed by atoms with van der Waals surface area (Å²) < 4.78 is 13.5. The molecule has 1 saturated heterocycles. The summed E-state index contributed by atoms with van der Waals surface area (Å²) >= 11 is 5.67. The van der Waals surface area contributed by atoms with Crippen molar-refractivity contribution < 1.29 is 4.39 Å². The Hall–Kier alpha value is -0.870. The Balaban J connectivity index is 1.51. The molecule has 0 radical (unpaired) electrons. The van der Waals surface area contributed by atoms with E-state index < -0.39 is 0 Å². The Morgan fingerprint density at radius 1 is 1.44 bits per heavy atom. The Morgan fingerprint density at radius 2 is 2.28 bits per heavy atom. The maximum absolute atomic E-state index is 13.5. The third-order valence-electron chi connectivity index (χ3n) is 3.75. The number of hydrogen-bond acceptors (Lipinski definition) is 3. The average Bonchev–Trinajstić information content (AvgIpc) is 3.08. The number of halogens is 2. The van der Waals surface area contributed by atoms with Crippen LogP contribution < -0.4 is 5.32 Å². The number of nitrogens with one attached hydrogen (secondary N) is 1. The lowest BCUT2D eigenvalue weighted by atomic mass is 10.1. The van der Waals surface area contributed by atoms with Crippen LogP contribution in [0.15, 0.2) is 12.3 Å². The van der Waals surface area contributed by atoms with Gasteiger partial charge < -0.3 is 10.2 Å². The highest BCUT2D eigenvalue weighted by atomic mass is 35.5. The van der Waals surface area contributed by atoms with Gasteiger partial charge in [0, 0.05) is 25.3 Å². The van der Waals surface area contributed by atoms with Gasteiger partial charge >= 0.3 is 0 Å². The molecule has 1 aromatic heterocycles. The second kappa shape index (κ2) is 5.02. The van der Waals surface area contributed by atoms with Crippen LogP contribution in [-0.2, 0) is 0 Å². The molecule has 3 nitrogen and oxygen atoms in total. The summed E-state index contributed by atoms with van der Waals surface area (Å²) in [5.74, 6) is 0.534. The molecular weight excluding hydrogens is 253 g/mol. The van der Waals surface area contributed by atoms with Crippen LogP contribution in [0, 0.1) is 11.7 Å². The monoisotopic (exact) mass is 269 g/mol. The summed E-state index contributed by atoms with van der Waals surface area (Å²) in [7, 11) is 0. The number of likely N-dealkylation sites (tertiary alicyclic amines) is 1. The molecule has 1 aliphatic carbocycles. The van der Waals surface area contributed by atoms with Crippen molar-refractivity contribution in [1.82, 2.24) is 9.88 Å². The van der Waals surface area contributed by atoms with E-state index in [4.69, 9.17) is 11.6 Å². The van der Waals surface area contributed by atoms with Crippen LogP contribution in [0.5, 0.6) is 0 Å². The van der Waals surface area contributed by atoms with Gasteiger partial charge in [-0.3, -0.25) is 0 Å². The van der Waals surface area contributed by atoms with Gasteiger partial charge in [0.1, 0.15) is 0 Å². The zero-order valence-corrected chi connectivity index (χ0v) is 11.0. The standard InChI is InChI=1S/C13H17ClFN3/c14-10-5-12(15)13(17-7-10)16-6-9-3-4-18(8-9)11-1-2-11/h5,7,9,11H,1-4,6,8H2,(H,16,17). The maximum atomic E-state index is 13.5. The molecule has 0 amide bonds. The fraction of sp³-hybridized carbons (Fsp3) is 0.615. The molecule has 1 saturated carbocycles. The summed E-state index contributed by atoms with van der Waals surface area (Å²) in [6.45, 7) is 3.11. The smallest absolute Gasteiger partial charge is 0.166 e. The van der Waals surface area contributed by atoms with Gasteiger partial charge in [-0.1, -0.05) is 11.6 Å². The molecule has 1 aromatic rings. The lowest BCUT2D eigenvalue weighted by Gasteiger charge is -2.15. The van der Waals surface area contributed by atoms with Crippen LogP contribution in [-0.4, -0.2) is 35.6 Å². The fourth-order valence-electron chi connectivity index (χ4n) is 2.59. The lowest BCUT2D eigenvalue weighted by molar-refractivity contribution is 0.316. The molecule has 0 spiro atoms. The topological polar surface area (TPSA) is 28.2 Å². The first-order valence-electron chi connectivity index (χ1n) is 6.51. The first kappa shape index (κ1) is 12.2. The summed E-state index contributed by atoms with van der Waals surface area (Å²) in [5.41, 5.74) is 0. The Kier molecular flexibility index (Phi) is 3.39. The minimum atomic E-state index is -0.375. The van der Waals surface area contributed by atoms with Crippen LogP contribution in [0.3, 0.4) is 0 Å². The molecule has 1 aliphatic heterocycles. The molecule has 2 fully saturated rings. The molecule has 2 aliphatic rings. The van der Waals surface area contributed by atoms with Crippen LogP contribution >= 0.6 is 11.6 Å². The van der Waals surface area contributed by atoms with Gasteiger partial charge in [0.2, 0.25) is 0 Å². The quantitative estimate of drug-likeness (QED) is 0.911. The number of pyridine rings is 1. The molecule has 18 heavy (non-hydrogen) atoms.